The third kappa shape index (κ3) is 1.38. The summed E-state index contributed by atoms with van der Waals surface area (Å²) in [6, 6.07) is 11.4. The van der Waals surface area contributed by atoms with Gasteiger partial charge in [-0.25, -0.2) is 4.68 Å². The second kappa shape index (κ2) is 3.35. The van der Waals surface area contributed by atoms with Gasteiger partial charge in [0.2, 0.25) is 0 Å². The molecule has 2 aromatic rings. The molecule has 0 fully saturated rings. The van der Waals surface area contributed by atoms with Crippen LogP contribution in [0, 0.1) is 18.3 Å². The van der Waals surface area contributed by atoms with Crippen molar-refractivity contribution >= 4 is 0 Å². The van der Waals surface area contributed by atoms with Crippen LogP contribution in [0.5, 0.6) is 0 Å². The number of nitrogens with zero attached hydrogens (tertiary/aromatic N) is 3. The smallest absolute Gasteiger partial charge is 0.0992 e. The molecule has 3 heteroatoms. The van der Waals surface area contributed by atoms with E-state index in [0.29, 0.717) is 5.56 Å². The minimum Gasteiger partial charge on any atom is -0.238 e. The Labute approximate surface area is 82.2 Å². The fourth-order valence-electron chi connectivity index (χ4n) is 1.35. The average Bonchev–Trinajstić information content (AvgIpc) is 2.65. The second-order valence-corrected chi connectivity index (χ2v) is 3.05. The molecule has 0 spiro atoms. The third-order valence-electron chi connectivity index (χ3n) is 2.05. The fraction of sp³-hybridized carbons (Fsp3) is 0.0909. The molecule has 0 saturated carbocycles. The van der Waals surface area contributed by atoms with Crippen LogP contribution in [0.2, 0.25) is 0 Å². The number of rotatable bonds is 1. The SMILES string of the molecule is Cc1ccnn1-c1cccc(C#N)c1. The van der Waals surface area contributed by atoms with Crippen molar-refractivity contribution in [3.8, 4) is 11.8 Å². The average molecular weight is 183 g/mol. The predicted molar refractivity (Wildman–Crippen MR) is 53.0 cm³/mol. The summed E-state index contributed by atoms with van der Waals surface area (Å²) in [5.74, 6) is 0. The van der Waals surface area contributed by atoms with E-state index >= 15 is 0 Å². The van der Waals surface area contributed by atoms with E-state index in [1.165, 1.54) is 0 Å². The maximum atomic E-state index is 8.75. The summed E-state index contributed by atoms with van der Waals surface area (Å²) in [5.41, 5.74) is 2.63. The highest BCUT2D eigenvalue weighted by Crippen LogP contribution is 2.11. The van der Waals surface area contributed by atoms with E-state index in [-0.39, 0.29) is 0 Å². The van der Waals surface area contributed by atoms with Crippen molar-refractivity contribution in [1.82, 2.24) is 9.78 Å². The summed E-state index contributed by atoms with van der Waals surface area (Å²) in [6.45, 7) is 1.98. The molecule has 0 bridgehead atoms. The molecule has 1 aromatic carbocycles. The van der Waals surface area contributed by atoms with Crippen LogP contribution in [0.3, 0.4) is 0 Å². The van der Waals surface area contributed by atoms with Crippen LogP contribution in [0.15, 0.2) is 36.5 Å². The van der Waals surface area contributed by atoms with Crippen molar-refractivity contribution in [3.05, 3.63) is 47.8 Å². The number of nitriles is 1. The lowest BCUT2D eigenvalue weighted by Gasteiger charge is -2.03. The maximum Gasteiger partial charge on any atom is 0.0992 e. The largest absolute Gasteiger partial charge is 0.238 e. The van der Waals surface area contributed by atoms with Crippen molar-refractivity contribution in [2.24, 2.45) is 0 Å². The maximum absolute atomic E-state index is 8.75. The van der Waals surface area contributed by atoms with E-state index in [0.717, 1.165) is 11.4 Å². The zero-order valence-corrected chi connectivity index (χ0v) is 7.81. The van der Waals surface area contributed by atoms with Crippen LogP contribution >= 0.6 is 0 Å². The van der Waals surface area contributed by atoms with Crippen LogP contribution in [0.4, 0.5) is 0 Å². The molecule has 3 nitrogen and oxygen atoms in total. The number of benzene rings is 1. The molecule has 0 aliphatic heterocycles. The molecule has 1 heterocycles. The summed E-state index contributed by atoms with van der Waals surface area (Å²) in [7, 11) is 0. The van der Waals surface area contributed by atoms with Crippen molar-refractivity contribution in [1.29, 1.82) is 5.26 Å². The highest BCUT2D eigenvalue weighted by Gasteiger charge is 2.00. The first kappa shape index (κ1) is 8.52. The molecule has 0 aliphatic carbocycles. The predicted octanol–water partition coefficient (Wildman–Crippen LogP) is 2.05. The molecule has 0 unspecified atom stereocenters. The molecule has 1 aromatic heterocycles. The van der Waals surface area contributed by atoms with E-state index in [9.17, 15) is 0 Å². The summed E-state index contributed by atoms with van der Waals surface area (Å²) in [5, 5.41) is 12.9. The number of hydrogen-bond acceptors (Lipinski definition) is 2. The van der Waals surface area contributed by atoms with Gasteiger partial charge in [-0.1, -0.05) is 6.07 Å². The van der Waals surface area contributed by atoms with Gasteiger partial charge in [0, 0.05) is 11.9 Å². The topological polar surface area (TPSA) is 41.6 Å². The van der Waals surface area contributed by atoms with Crippen molar-refractivity contribution in [3.63, 3.8) is 0 Å². The molecule has 0 saturated heterocycles. The summed E-state index contributed by atoms with van der Waals surface area (Å²) in [4.78, 5) is 0. The van der Waals surface area contributed by atoms with Gasteiger partial charge >= 0.3 is 0 Å². The number of hydrogen-bond donors (Lipinski definition) is 0. The monoisotopic (exact) mass is 183 g/mol. The van der Waals surface area contributed by atoms with Gasteiger partial charge in [-0.3, -0.25) is 0 Å². The first-order valence-corrected chi connectivity index (χ1v) is 4.32. The third-order valence-corrected chi connectivity index (χ3v) is 2.05. The Morgan fingerprint density at radius 3 is 2.86 bits per heavy atom. The highest BCUT2D eigenvalue weighted by atomic mass is 15.3. The van der Waals surface area contributed by atoms with Gasteiger partial charge in [0.25, 0.3) is 0 Å². The van der Waals surface area contributed by atoms with Crippen LogP contribution < -0.4 is 0 Å². The molecule has 0 aliphatic rings. The molecule has 2 rings (SSSR count). The second-order valence-electron chi connectivity index (χ2n) is 3.05. The van der Waals surface area contributed by atoms with Crippen LogP contribution in [0.25, 0.3) is 5.69 Å². The van der Waals surface area contributed by atoms with Crippen molar-refractivity contribution < 1.29 is 0 Å². The van der Waals surface area contributed by atoms with Crippen molar-refractivity contribution in [2.75, 3.05) is 0 Å². The van der Waals surface area contributed by atoms with Crippen LogP contribution in [0.1, 0.15) is 11.3 Å². The van der Waals surface area contributed by atoms with Gasteiger partial charge < -0.3 is 0 Å². The number of aryl methyl sites for hydroxylation is 1. The Balaban J connectivity index is 2.53. The van der Waals surface area contributed by atoms with Gasteiger partial charge in [0.05, 0.1) is 17.3 Å². The molecule has 14 heavy (non-hydrogen) atoms. The first-order valence-electron chi connectivity index (χ1n) is 4.32. The molecule has 0 N–H and O–H groups in total. The first-order chi connectivity index (χ1) is 6.81. The Kier molecular flexibility index (Phi) is 2.04. The Morgan fingerprint density at radius 1 is 1.36 bits per heavy atom. The van der Waals surface area contributed by atoms with Gasteiger partial charge in [0.15, 0.2) is 0 Å². The number of aromatic nitrogens is 2. The summed E-state index contributed by atoms with van der Waals surface area (Å²) < 4.78 is 1.81. The van der Waals surface area contributed by atoms with E-state index in [4.69, 9.17) is 5.26 Å². The molecule has 0 radical (unpaired) electrons. The Bertz CT molecular complexity index is 491. The lowest BCUT2D eigenvalue weighted by Crippen LogP contribution is -1.98. The summed E-state index contributed by atoms with van der Waals surface area (Å²) >= 11 is 0. The van der Waals surface area contributed by atoms with Gasteiger partial charge in [-0.05, 0) is 31.2 Å². The molecule has 68 valence electrons. The minimum absolute atomic E-state index is 0.650. The van der Waals surface area contributed by atoms with Crippen molar-refractivity contribution in [2.45, 2.75) is 6.92 Å². The lowest BCUT2D eigenvalue weighted by molar-refractivity contribution is 0.847. The highest BCUT2D eigenvalue weighted by molar-refractivity contribution is 5.41. The molecular formula is C11H9N3. The zero-order chi connectivity index (χ0) is 9.97. The van der Waals surface area contributed by atoms with E-state index in [2.05, 4.69) is 11.2 Å². The zero-order valence-electron chi connectivity index (χ0n) is 7.81. The summed E-state index contributed by atoms with van der Waals surface area (Å²) in [6.07, 6.45) is 1.74. The lowest BCUT2D eigenvalue weighted by atomic mass is 10.2. The van der Waals surface area contributed by atoms with E-state index in [1.54, 1.807) is 16.9 Å². The van der Waals surface area contributed by atoms with Gasteiger partial charge in [0.1, 0.15) is 0 Å². The van der Waals surface area contributed by atoms with Gasteiger partial charge in [-0.15, -0.1) is 0 Å². The quantitative estimate of drug-likeness (QED) is 0.679. The van der Waals surface area contributed by atoms with Crippen LogP contribution in [-0.4, -0.2) is 9.78 Å². The molecule has 0 amide bonds. The van der Waals surface area contributed by atoms with E-state index < -0.39 is 0 Å². The van der Waals surface area contributed by atoms with Crippen LogP contribution in [-0.2, 0) is 0 Å². The Morgan fingerprint density at radius 2 is 2.21 bits per heavy atom. The Hall–Kier alpha value is -2.08. The fourth-order valence-corrected chi connectivity index (χ4v) is 1.35. The standard InChI is InChI=1S/C11H9N3/c1-9-5-6-13-14(9)11-4-2-3-10(7-11)8-12/h2-7H,1H3. The van der Waals surface area contributed by atoms with Gasteiger partial charge in [-0.2, -0.15) is 10.4 Å². The molecule has 0 atom stereocenters. The normalized spacial score (nSPS) is 9.71. The molecular weight excluding hydrogens is 174 g/mol. The van der Waals surface area contributed by atoms with E-state index in [1.807, 2.05) is 31.2 Å². The minimum atomic E-state index is 0.650.